The topological polar surface area (TPSA) is 107 Å². The number of fused-ring (bicyclic) bond motifs is 1. The van der Waals surface area contributed by atoms with Crippen molar-refractivity contribution in [1.29, 1.82) is 0 Å². The van der Waals surface area contributed by atoms with E-state index in [1.54, 1.807) is 60.1 Å². The third-order valence-corrected chi connectivity index (χ3v) is 6.01. The molecule has 2 N–H and O–H groups in total. The van der Waals surface area contributed by atoms with E-state index in [1.165, 1.54) is 12.3 Å². The Bertz CT molecular complexity index is 1550. The fourth-order valence-corrected chi connectivity index (χ4v) is 4.05. The standard InChI is InChI=1S/C28H22ClN5O4/c1-18-22(26(29)34(33-18)21-10-6-3-7-11-21)16-30-32-28(36)23(31-27(35)20-8-4-2-5-9-20)14-19-12-13-24-25(15-19)38-17-37-24/h2-16H,17H2,1H3,(H,31,35)(H,32,36)/b23-14+,30-16+. The van der Waals surface area contributed by atoms with Crippen LogP contribution in [0.4, 0.5) is 0 Å². The minimum absolute atomic E-state index is 0.0160. The molecule has 0 saturated carbocycles. The van der Waals surface area contributed by atoms with Gasteiger partial charge in [0.15, 0.2) is 11.5 Å². The molecule has 0 fully saturated rings. The summed E-state index contributed by atoms with van der Waals surface area (Å²) in [6.07, 6.45) is 2.94. The number of para-hydroxylation sites is 1. The van der Waals surface area contributed by atoms with Crippen molar-refractivity contribution in [3.63, 3.8) is 0 Å². The van der Waals surface area contributed by atoms with Crippen LogP contribution in [0.15, 0.2) is 89.7 Å². The first-order valence-electron chi connectivity index (χ1n) is 11.6. The van der Waals surface area contributed by atoms with Crippen LogP contribution in [0, 0.1) is 6.92 Å². The highest BCUT2D eigenvalue weighted by atomic mass is 35.5. The van der Waals surface area contributed by atoms with Gasteiger partial charge in [-0.3, -0.25) is 9.59 Å². The Balaban J connectivity index is 1.38. The normalized spacial score (nSPS) is 12.5. The molecule has 1 aliphatic heterocycles. The predicted molar refractivity (Wildman–Crippen MR) is 143 cm³/mol. The molecule has 9 nitrogen and oxygen atoms in total. The third-order valence-electron chi connectivity index (χ3n) is 5.64. The molecular formula is C28H22ClN5O4. The molecule has 2 heterocycles. The molecule has 2 amide bonds. The molecule has 190 valence electrons. The van der Waals surface area contributed by atoms with E-state index in [4.69, 9.17) is 21.1 Å². The van der Waals surface area contributed by atoms with E-state index in [0.29, 0.717) is 39.0 Å². The SMILES string of the molecule is Cc1nn(-c2ccccc2)c(Cl)c1/C=N/NC(=O)/C(=C\c1ccc2c(c1)OCO2)NC(=O)c1ccccc1. The number of nitrogens with one attached hydrogen (secondary N) is 2. The Labute approximate surface area is 223 Å². The van der Waals surface area contributed by atoms with E-state index in [2.05, 4.69) is 20.9 Å². The molecule has 38 heavy (non-hydrogen) atoms. The van der Waals surface area contributed by atoms with Gasteiger partial charge in [-0.2, -0.15) is 10.2 Å². The molecule has 0 aliphatic carbocycles. The summed E-state index contributed by atoms with van der Waals surface area (Å²) in [4.78, 5) is 25.9. The van der Waals surface area contributed by atoms with Crippen LogP contribution in [0.25, 0.3) is 11.8 Å². The van der Waals surface area contributed by atoms with Crippen LogP contribution in [-0.4, -0.2) is 34.6 Å². The number of hydrogen-bond donors (Lipinski definition) is 2. The molecule has 0 saturated heterocycles. The number of benzene rings is 3. The van der Waals surface area contributed by atoms with Crippen molar-refractivity contribution in [2.45, 2.75) is 6.92 Å². The summed E-state index contributed by atoms with van der Waals surface area (Å²) in [5.41, 5.74) is 5.44. The lowest BCUT2D eigenvalue weighted by atomic mass is 10.1. The van der Waals surface area contributed by atoms with Crippen molar-refractivity contribution in [1.82, 2.24) is 20.5 Å². The molecule has 0 radical (unpaired) electrons. The van der Waals surface area contributed by atoms with Crippen LogP contribution < -0.4 is 20.2 Å². The Morgan fingerprint density at radius 3 is 2.47 bits per heavy atom. The summed E-state index contributed by atoms with van der Waals surface area (Å²) >= 11 is 6.54. The summed E-state index contributed by atoms with van der Waals surface area (Å²) in [5, 5.41) is 11.5. The highest BCUT2D eigenvalue weighted by Gasteiger charge is 2.18. The molecule has 1 aliphatic rings. The molecule has 0 bridgehead atoms. The first kappa shape index (κ1) is 24.8. The van der Waals surface area contributed by atoms with E-state index in [-0.39, 0.29) is 12.5 Å². The van der Waals surface area contributed by atoms with Crippen LogP contribution >= 0.6 is 11.6 Å². The van der Waals surface area contributed by atoms with Gasteiger partial charge in [0, 0.05) is 5.56 Å². The van der Waals surface area contributed by atoms with E-state index < -0.39 is 11.8 Å². The summed E-state index contributed by atoms with van der Waals surface area (Å²) < 4.78 is 12.4. The number of ether oxygens (including phenoxy) is 2. The summed E-state index contributed by atoms with van der Waals surface area (Å²) in [5.74, 6) is 0.0769. The molecular weight excluding hydrogens is 506 g/mol. The van der Waals surface area contributed by atoms with Gasteiger partial charge in [0.25, 0.3) is 11.8 Å². The fourth-order valence-electron chi connectivity index (χ4n) is 3.73. The number of hydrogen-bond acceptors (Lipinski definition) is 6. The lowest BCUT2D eigenvalue weighted by Crippen LogP contribution is -2.32. The first-order chi connectivity index (χ1) is 18.5. The molecule has 0 spiro atoms. The minimum atomic E-state index is -0.632. The van der Waals surface area contributed by atoms with Gasteiger partial charge in [-0.25, -0.2) is 10.1 Å². The fraction of sp³-hybridized carbons (Fsp3) is 0.0714. The zero-order chi connectivity index (χ0) is 26.5. The highest BCUT2D eigenvalue weighted by Crippen LogP contribution is 2.33. The predicted octanol–water partition coefficient (Wildman–Crippen LogP) is 4.48. The number of nitrogens with zero attached hydrogens (tertiary/aromatic N) is 3. The number of halogens is 1. The van der Waals surface area contributed by atoms with Crippen molar-refractivity contribution in [3.05, 3.63) is 112 Å². The second-order valence-corrected chi connectivity index (χ2v) is 8.59. The molecule has 4 aromatic rings. The average molecular weight is 528 g/mol. The Kier molecular flexibility index (Phi) is 7.19. The summed E-state index contributed by atoms with van der Waals surface area (Å²) in [7, 11) is 0. The Hall–Kier alpha value is -4.89. The maximum atomic E-state index is 13.1. The third kappa shape index (κ3) is 5.42. The van der Waals surface area contributed by atoms with Crippen molar-refractivity contribution in [2.24, 2.45) is 5.10 Å². The molecule has 10 heteroatoms. The van der Waals surface area contributed by atoms with E-state index in [1.807, 2.05) is 30.3 Å². The number of amides is 2. The molecule has 1 aromatic heterocycles. The average Bonchev–Trinajstić information content (AvgIpc) is 3.52. The van der Waals surface area contributed by atoms with Crippen LogP contribution in [0.1, 0.15) is 27.2 Å². The number of hydrazone groups is 1. The lowest BCUT2D eigenvalue weighted by molar-refractivity contribution is -0.117. The summed E-state index contributed by atoms with van der Waals surface area (Å²) in [6.45, 7) is 1.91. The molecule has 3 aromatic carbocycles. The van der Waals surface area contributed by atoms with Gasteiger partial charge >= 0.3 is 0 Å². The second-order valence-electron chi connectivity index (χ2n) is 8.23. The van der Waals surface area contributed by atoms with Crippen molar-refractivity contribution >= 4 is 35.7 Å². The van der Waals surface area contributed by atoms with Crippen LogP contribution in [0.5, 0.6) is 11.5 Å². The maximum absolute atomic E-state index is 13.1. The van der Waals surface area contributed by atoms with Gasteiger partial charge in [-0.1, -0.05) is 54.1 Å². The smallest absolute Gasteiger partial charge is 0.287 e. The van der Waals surface area contributed by atoms with Crippen molar-refractivity contribution in [3.8, 4) is 17.2 Å². The Morgan fingerprint density at radius 1 is 1.00 bits per heavy atom. The minimum Gasteiger partial charge on any atom is -0.454 e. The maximum Gasteiger partial charge on any atom is 0.287 e. The molecule has 0 atom stereocenters. The number of carbonyl (C=O) groups is 2. The summed E-state index contributed by atoms with van der Waals surface area (Å²) in [6, 6.07) is 23.2. The Morgan fingerprint density at radius 2 is 1.71 bits per heavy atom. The van der Waals surface area contributed by atoms with Crippen LogP contribution in [0.2, 0.25) is 5.15 Å². The van der Waals surface area contributed by atoms with E-state index >= 15 is 0 Å². The van der Waals surface area contributed by atoms with Gasteiger partial charge in [-0.15, -0.1) is 0 Å². The number of rotatable bonds is 7. The monoisotopic (exact) mass is 527 g/mol. The van der Waals surface area contributed by atoms with Gasteiger partial charge in [-0.05, 0) is 55.0 Å². The van der Waals surface area contributed by atoms with Crippen LogP contribution in [-0.2, 0) is 4.79 Å². The largest absolute Gasteiger partial charge is 0.454 e. The van der Waals surface area contributed by atoms with Gasteiger partial charge < -0.3 is 14.8 Å². The van der Waals surface area contributed by atoms with Crippen LogP contribution in [0.3, 0.4) is 0 Å². The van der Waals surface area contributed by atoms with Gasteiger partial charge in [0.2, 0.25) is 6.79 Å². The second kappa shape index (κ2) is 11.0. The number of carbonyl (C=O) groups excluding carboxylic acids is 2. The van der Waals surface area contributed by atoms with Gasteiger partial charge in [0.1, 0.15) is 10.9 Å². The van der Waals surface area contributed by atoms with E-state index in [0.717, 1.165) is 5.69 Å². The van der Waals surface area contributed by atoms with Crippen molar-refractivity contribution in [2.75, 3.05) is 6.79 Å². The van der Waals surface area contributed by atoms with Crippen molar-refractivity contribution < 1.29 is 19.1 Å². The zero-order valence-electron chi connectivity index (χ0n) is 20.2. The van der Waals surface area contributed by atoms with Gasteiger partial charge in [0.05, 0.1) is 23.2 Å². The number of aromatic nitrogens is 2. The lowest BCUT2D eigenvalue weighted by Gasteiger charge is -2.09. The molecule has 5 rings (SSSR count). The van der Waals surface area contributed by atoms with E-state index in [9.17, 15) is 9.59 Å². The zero-order valence-corrected chi connectivity index (χ0v) is 21.0. The quantitative estimate of drug-likeness (QED) is 0.209. The molecule has 0 unspecified atom stereocenters. The highest BCUT2D eigenvalue weighted by molar-refractivity contribution is 6.32. The number of aryl methyl sites for hydroxylation is 1. The first-order valence-corrected chi connectivity index (χ1v) is 12.0.